The zero-order valence-corrected chi connectivity index (χ0v) is 10.00. The van der Waals surface area contributed by atoms with Gasteiger partial charge in [-0.25, -0.2) is 0 Å². The monoisotopic (exact) mass is 223 g/mol. The molecule has 0 aromatic heterocycles. The van der Waals surface area contributed by atoms with E-state index in [2.05, 4.69) is 17.6 Å². The summed E-state index contributed by atoms with van der Waals surface area (Å²) < 4.78 is 4.76. The van der Waals surface area contributed by atoms with Crippen molar-refractivity contribution < 1.29 is 9.53 Å². The van der Waals surface area contributed by atoms with Crippen LogP contribution in [0.2, 0.25) is 0 Å². The Balaban J connectivity index is 2.16. The molecule has 0 radical (unpaired) electrons. The average Bonchev–Trinajstić information content (AvgIpc) is 2.34. The molecule has 0 bridgehead atoms. The van der Waals surface area contributed by atoms with Crippen molar-refractivity contribution in [3.05, 3.63) is 18.4 Å². The first-order valence-corrected chi connectivity index (χ1v) is 5.90. The zero-order valence-electron chi connectivity index (χ0n) is 10.00. The average molecular weight is 223 g/mol. The minimum Gasteiger partial charge on any atom is -0.469 e. The normalized spacial score (nSPS) is 24.6. The van der Waals surface area contributed by atoms with Crippen LogP contribution in [-0.4, -0.2) is 26.2 Å². The number of hydrogen-bond donors (Lipinski definition) is 1. The quantitative estimate of drug-likeness (QED) is 0.439. The molecule has 1 aliphatic carbocycles. The van der Waals surface area contributed by atoms with Crippen molar-refractivity contribution in [2.45, 2.75) is 25.7 Å². The molecule has 0 aromatic carbocycles. The number of carbonyl (C=O) groups is 1. The Morgan fingerprint density at radius 3 is 2.75 bits per heavy atom. The predicted molar refractivity (Wildman–Crippen MR) is 64.0 cm³/mol. The summed E-state index contributed by atoms with van der Waals surface area (Å²) in [6, 6.07) is 0. The van der Waals surface area contributed by atoms with Crippen LogP contribution in [0.4, 0.5) is 0 Å². The van der Waals surface area contributed by atoms with Crippen molar-refractivity contribution in [3.8, 4) is 0 Å². The minimum atomic E-state index is -0.0407. The standard InChI is InChI=1S/C13H21NO2/c1-3-4-9-14-10-11-5-7-12(8-6-11)13(15)16-2/h4,11-12,14H,1,5-10H2,2H3. The van der Waals surface area contributed by atoms with Gasteiger partial charge in [0.15, 0.2) is 0 Å². The molecule has 0 spiro atoms. The van der Waals surface area contributed by atoms with Crippen LogP contribution in [-0.2, 0) is 9.53 Å². The molecule has 0 aromatic rings. The van der Waals surface area contributed by atoms with Gasteiger partial charge in [-0.15, -0.1) is 5.73 Å². The van der Waals surface area contributed by atoms with Crippen molar-refractivity contribution in [2.24, 2.45) is 11.8 Å². The third-order valence-corrected chi connectivity index (χ3v) is 3.21. The van der Waals surface area contributed by atoms with Crippen LogP contribution in [0.3, 0.4) is 0 Å². The van der Waals surface area contributed by atoms with Gasteiger partial charge < -0.3 is 10.1 Å². The Bertz CT molecular complexity index is 261. The fourth-order valence-electron chi connectivity index (χ4n) is 2.20. The van der Waals surface area contributed by atoms with Crippen molar-refractivity contribution in [2.75, 3.05) is 20.2 Å². The van der Waals surface area contributed by atoms with Crippen molar-refractivity contribution in [3.63, 3.8) is 0 Å². The van der Waals surface area contributed by atoms with Gasteiger partial charge >= 0.3 is 5.97 Å². The van der Waals surface area contributed by atoms with Crippen LogP contribution in [0.5, 0.6) is 0 Å². The summed E-state index contributed by atoms with van der Waals surface area (Å²) in [7, 11) is 1.47. The van der Waals surface area contributed by atoms with Crippen molar-refractivity contribution in [1.82, 2.24) is 5.32 Å². The molecule has 1 saturated carbocycles. The van der Waals surface area contributed by atoms with E-state index in [0.29, 0.717) is 5.92 Å². The summed E-state index contributed by atoms with van der Waals surface area (Å²) in [5.41, 5.74) is 2.74. The van der Waals surface area contributed by atoms with E-state index in [0.717, 1.165) is 38.8 Å². The van der Waals surface area contributed by atoms with Gasteiger partial charge in [0.1, 0.15) is 0 Å². The Morgan fingerprint density at radius 1 is 1.50 bits per heavy atom. The van der Waals surface area contributed by atoms with Gasteiger partial charge in [-0.3, -0.25) is 4.79 Å². The first-order chi connectivity index (χ1) is 7.77. The molecule has 1 fully saturated rings. The second-order valence-electron chi connectivity index (χ2n) is 4.31. The Kier molecular flexibility index (Phi) is 5.91. The molecule has 0 amide bonds. The third-order valence-electron chi connectivity index (χ3n) is 3.21. The number of nitrogens with one attached hydrogen (secondary N) is 1. The van der Waals surface area contributed by atoms with Crippen LogP contribution in [0.15, 0.2) is 18.4 Å². The summed E-state index contributed by atoms with van der Waals surface area (Å²) in [6.07, 6.45) is 6.06. The van der Waals surface area contributed by atoms with Crippen LogP contribution in [0, 0.1) is 11.8 Å². The summed E-state index contributed by atoms with van der Waals surface area (Å²) in [5, 5.41) is 3.34. The van der Waals surface area contributed by atoms with Gasteiger partial charge in [0.2, 0.25) is 0 Å². The second kappa shape index (κ2) is 7.26. The van der Waals surface area contributed by atoms with Gasteiger partial charge in [0.05, 0.1) is 13.0 Å². The number of rotatable bonds is 5. The molecule has 1 rings (SSSR count). The summed E-state index contributed by atoms with van der Waals surface area (Å²) in [4.78, 5) is 11.3. The highest BCUT2D eigenvalue weighted by molar-refractivity contribution is 5.72. The maximum atomic E-state index is 11.3. The van der Waals surface area contributed by atoms with E-state index in [1.165, 1.54) is 7.11 Å². The molecular weight excluding hydrogens is 202 g/mol. The molecule has 1 aliphatic rings. The summed E-state index contributed by atoms with van der Waals surface area (Å²) in [5.74, 6) is 0.787. The SMILES string of the molecule is C=C=CCNCC1CCC(C(=O)OC)CC1. The Morgan fingerprint density at radius 2 is 2.19 bits per heavy atom. The van der Waals surface area contributed by atoms with E-state index >= 15 is 0 Å². The first-order valence-electron chi connectivity index (χ1n) is 5.90. The largest absolute Gasteiger partial charge is 0.469 e. The van der Waals surface area contributed by atoms with Crippen LogP contribution in [0.25, 0.3) is 0 Å². The van der Waals surface area contributed by atoms with Crippen LogP contribution in [0.1, 0.15) is 25.7 Å². The lowest BCUT2D eigenvalue weighted by molar-refractivity contribution is -0.146. The van der Waals surface area contributed by atoms with Crippen molar-refractivity contribution >= 4 is 5.97 Å². The number of hydrogen-bond acceptors (Lipinski definition) is 3. The summed E-state index contributed by atoms with van der Waals surface area (Å²) in [6.45, 7) is 5.37. The predicted octanol–water partition coefficient (Wildman–Crippen LogP) is 1.90. The maximum absolute atomic E-state index is 11.3. The first kappa shape index (κ1) is 13.0. The van der Waals surface area contributed by atoms with Gasteiger partial charge in [-0.05, 0) is 44.2 Å². The number of methoxy groups -OCH3 is 1. The van der Waals surface area contributed by atoms with Gasteiger partial charge in [0.25, 0.3) is 0 Å². The number of carbonyl (C=O) groups excluding carboxylic acids is 1. The van der Waals surface area contributed by atoms with E-state index in [1.807, 2.05) is 6.08 Å². The molecule has 0 heterocycles. The third kappa shape index (κ3) is 4.21. The molecule has 3 nitrogen and oxygen atoms in total. The topological polar surface area (TPSA) is 38.3 Å². The molecule has 0 saturated heterocycles. The Labute approximate surface area is 97.6 Å². The van der Waals surface area contributed by atoms with Gasteiger partial charge in [0, 0.05) is 6.54 Å². The molecule has 0 atom stereocenters. The lowest BCUT2D eigenvalue weighted by Gasteiger charge is -2.26. The minimum absolute atomic E-state index is 0.0407. The zero-order chi connectivity index (χ0) is 11.8. The van der Waals surface area contributed by atoms with Crippen molar-refractivity contribution in [1.29, 1.82) is 0 Å². The maximum Gasteiger partial charge on any atom is 0.308 e. The summed E-state index contributed by atoms with van der Waals surface area (Å²) >= 11 is 0. The lowest BCUT2D eigenvalue weighted by Crippen LogP contribution is -2.29. The van der Waals surface area contributed by atoms with E-state index < -0.39 is 0 Å². The van der Waals surface area contributed by atoms with E-state index in [-0.39, 0.29) is 11.9 Å². The smallest absolute Gasteiger partial charge is 0.308 e. The fourth-order valence-corrected chi connectivity index (χ4v) is 2.20. The van der Waals surface area contributed by atoms with Crippen LogP contribution >= 0.6 is 0 Å². The highest BCUT2D eigenvalue weighted by atomic mass is 16.5. The fraction of sp³-hybridized carbons (Fsp3) is 0.692. The molecule has 16 heavy (non-hydrogen) atoms. The number of ether oxygens (including phenoxy) is 1. The van der Waals surface area contributed by atoms with E-state index in [1.54, 1.807) is 0 Å². The number of esters is 1. The molecule has 90 valence electrons. The molecule has 3 heteroatoms. The Hall–Kier alpha value is -1.05. The van der Waals surface area contributed by atoms with Gasteiger partial charge in [-0.1, -0.05) is 6.58 Å². The molecule has 1 N–H and O–H groups in total. The van der Waals surface area contributed by atoms with Crippen LogP contribution < -0.4 is 5.32 Å². The molecule has 0 aliphatic heterocycles. The molecular formula is C13H21NO2. The lowest BCUT2D eigenvalue weighted by atomic mass is 9.82. The van der Waals surface area contributed by atoms with E-state index in [9.17, 15) is 4.79 Å². The van der Waals surface area contributed by atoms with Gasteiger partial charge in [-0.2, -0.15) is 0 Å². The van der Waals surface area contributed by atoms with E-state index in [4.69, 9.17) is 4.74 Å². The molecule has 0 unspecified atom stereocenters. The second-order valence-corrected chi connectivity index (χ2v) is 4.31. The highest BCUT2D eigenvalue weighted by Crippen LogP contribution is 2.28. The highest BCUT2D eigenvalue weighted by Gasteiger charge is 2.26.